The summed E-state index contributed by atoms with van der Waals surface area (Å²) in [6.45, 7) is 4.21. The van der Waals surface area contributed by atoms with Crippen molar-refractivity contribution >= 4 is 16.6 Å². The van der Waals surface area contributed by atoms with Crippen molar-refractivity contribution in [3.05, 3.63) is 70.7 Å². The molecular weight excluding hydrogens is 360 g/mol. The Balaban J connectivity index is 1.98. The Morgan fingerprint density at radius 3 is 2.48 bits per heavy atom. The molecule has 0 aromatic heterocycles. The Hall–Kier alpha value is -3.10. The molecule has 5 heteroatoms. The minimum absolute atomic E-state index is 0.0986. The Kier molecular flexibility index (Phi) is 4.48. The number of allylic oxidation sites excluding steroid dienone is 3. The summed E-state index contributed by atoms with van der Waals surface area (Å²) in [4.78, 5) is 13.4. The molecule has 0 radical (unpaired) electrons. The van der Waals surface area contributed by atoms with Crippen LogP contribution in [-0.4, -0.2) is 29.9 Å². The van der Waals surface area contributed by atoms with Crippen molar-refractivity contribution in [1.29, 1.82) is 5.26 Å². The largest absolute Gasteiger partial charge is 0.383 e. The van der Waals surface area contributed by atoms with Crippen molar-refractivity contribution in [3.63, 3.8) is 0 Å². The summed E-state index contributed by atoms with van der Waals surface area (Å²) < 4.78 is 0. The summed E-state index contributed by atoms with van der Waals surface area (Å²) in [5, 5.41) is 15.9. The van der Waals surface area contributed by atoms with Gasteiger partial charge in [0, 0.05) is 31.8 Å². The lowest BCUT2D eigenvalue weighted by molar-refractivity contribution is -0.119. The SMILES string of the molecule is CN(C)N1C(N)=C(C#N)[C@@H](c2ccc3ccccc3c2)C2=C1CC(C)(C)CC2=O. The van der Waals surface area contributed by atoms with Gasteiger partial charge in [-0.15, -0.1) is 0 Å². The van der Waals surface area contributed by atoms with E-state index in [2.05, 4.69) is 32.0 Å². The van der Waals surface area contributed by atoms with E-state index in [1.807, 2.05) is 54.4 Å². The molecule has 1 aliphatic carbocycles. The van der Waals surface area contributed by atoms with E-state index in [1.54, 1.807) is 0 Å². The summed E-state index contributed by atoms with van der Waals surface area (Å²) in [5.74, 6) is 0.0702. The molecule has 0 saturated heterocycles. The summed E-state index contributed by atoms with van der Waals surface area (Å²) in [5.41, 5.74) is 9.34. The maximum atomic E-state index is 13.4. The summed E-state index contributed by atoms with van der Waals surface area (Å²) >= 11 is 0. The fourth-order valence-corrected chi connectivity index (χ4v) is 4.67. The predicted octanol–water partition coefficient (Wildman–Crippen LogP) is 4.05. The first kappa shape index (κ1) is 19.2. The molecule has 1 heterocycles. The van der Waals surface area contributed by atoms with Gasteiger partial charge in [-0.1, -0.05) is 56.3 Å². The number of benzene rings is 2. The molecule has 0 saturated carbocycles. The Bertz CT molecular complexity index is 1120. The third kappa shape index (κ3) is 3.10. The first-order valence-electron chi connectivity index (χ1n) is 9.85. The molecule has 0 amide bonds. The van der Waals surface area contributed by atoms with Crippen LogP contribution in [0.4, 0.5) is 0 Å². The van der Waals surface area contributed by atoms with Gasteiger partial charge in [-0.3, -0.25) is 9.80 Å². The van der Waals surface area contributed by atoms with Gasteiger partial charge < -0.3 is 5.73 Å². The first-order chi connectivity index (χ1) is 13.7. The standard InChI is InChI=1S/C24H26N4O/c1-24(2)12-19-22(20(29)13-24)21(18(14-25)23(26)28(19)27(3)4)17-10-9-15-7-5-6-8-16(15)11-17/h5-11,21H,12-13,26H2,1-4H3/t21-/m1/s1. The highest BCUT2D eigenvalue weighted by molar-refractivity contribution is 6.00. The van der Waals surface area contributed by atoms with E-state index in [-0.39, 0.29) is 11.2 Å². The number of carbonyl (C=O) groups excluding carboxylic acids is 1. The predicted molar refractivity (Wildman–Crippen MR) is 114 cm³/mol. The number of Topliss-reactive ketones (excluding diaryl/α,β-unsaturated/α-hetero) is 1. The second-order valence-corrected chi connectivity index (χ2v) is 8.91. The molecule has 148 valence electrons. The number of nitrogens with two attached hydrogens (primary N) is 1. The third-order valence-corrected chi connectivity index (χ3v) is 5.86. The molecule has 0 fully saturated rings. The third-order valence-electron chi connectivity index (χ3n) is 5.86. The number of nitrogens with zero attached hydrogens (tertiary/aromatic N) is 3. The maximum Gasteiger partial charge on any atom is 0.162 e. The molecular formula is C24H26N4O. The van der Waals surface area contributed by atoms with Crippen molar-refractivity contribution in [3.8, 4) is 6.07 Å². The average Bonchev–Trinajstić information content (AvgIpc) is 2.65. The van der Waals surface area contributed by atoms with Crippen LogP contribution >= 0.6 is 0 Å². The molecule has 2 N–H and O–H groups in total. The number of rotatable bonds is 2. The van der Waals surface area contributed by atoms with E-state index in [0.717, 1.165) is 28.5 Å². The van der Waals surface area contributed by atoms with Crippen LogP contribution in [0.1, 0.15) is 38.2 Å². The monoisotopic (exact) mass is 386 g/mol. The minimum atomic E-state index is -0.431. The highest BCUT2D eigenvalue weighted by Crippen LogP contribution is 2.49. The maximum absolute atomic E-state index is 13.4. The van der Waals surface area contributed by atoms with Crippen LogP contribution in [0.5, 0.6) is 0 Å². The van der Waals surface area contributed by atoms with Gasteiger partial charge in [-0.25, -0.2) is 5.01 Å². The van der Waals surface area contributed by atoms with Gasteiger partial charge in [0.15, 0.2) is 5.78 Å². The molecule has 2 aromatic carbocycles. The van der Waals surface area contributed by atoms with Crippen molar-refractivity contribution in [1.82, 2.24) is 10.0 Å². The molecule has 29 heavy (non-hydrogen) atoms. The van der Waals surface area contributed by atoms with Gasteiger partial charge in [0.25, 0.3) is 0 Å². The van der Waals surface area contributed by atoms with E-state index in [1.165, 1.54) is 0 Å². The molecule has 1 aliphatic heterocycles. The number of hydrogen-bond acceptors (Lipinski definition) is 5. The second-order valence-electron chi connectivity index (χ2n) is 8.91. The first-order valence-corrected chi connectivity index (χ1v) is 9.85. The summed E-state index contributed by atoms with van der Waals surface area (Å²) in [6.07, 6.45) is 1.20. The zero-order chi connectivity index (χ0) is 20.9. The van der Waals surface area contributed by atoms with Crippen LogP contribution in [0.15, 0.2) is 65.1 Å². The van der Waals surface area contributed by atoms with Crippen LogP contribution in [0.2, 0.25) is 0 Å². The molecule has 0 unspecified atom stereocenters. The van der Waals surface area contributed by atoms with Gasteiger partial charge in [-0.2, -0.15) is 5.26 Å². The fraction of sp³-hybridized carbons (Fsp3) is 0.333. The van der Waals surface area contributed by atoms with Gasteiger partial charge in [0.2, 0.25) is 0 Å². The average molecular weight is 386 g/mol. The molecule has 4 rings (SSSR count). The van der Waals surface area contributed by atoms with Gasteiger partial charge in [0.05, 0.1) is 17.6 Å². The second kappa shape index (κ2) is 6.75. The van der Waals surface area contributed by atoms with Crippen molar-refractivity contribution < 1.29 is 4.79 Å². The minimum Gasteiger partial charge on any atom is -0.383 e. The molecule has 2 aliphatic rings. The lowest BCUT2D eigenvalue weighted by Gasteiger charge is -2.45. The Labute approximate surface area is 171 Å². The number of hydrogen-bond donors (Lipinski definition) is 1. The van der Waals surface area contributed by atoms with Crippen molar-refractivity contribution in [2.45, 2.75) is 32.6 Å². The van der Waals surface area contributed by atoms with Crippen molar-refractivity contribution in [2.75, 3.05) is 14.1 Å². The van der Waals surface area contributed by atoms with E-state index in [4.69, 9.17) is 5.73 Å². The van der Waals surface area contributed by atoms with Crippen LogP contribution in [-0.2, 0) is 4.79 Å². The molecule has 5 nitrogen and oxygen atoms in total. The smallest absolute Gasteiger partial charge is 0.162 e. The van der Waals surface area contributed by atoms with E-state index >= 15 is 0 Å². The Morgan fingerprint density at radius 1 is 1.14 bits per heavy atom. The van der Waals surface area contributed by atoms with E-state index in [0.29, 0.717) is 23.4 Å². The Morgan fingerprint density at radius 2 is 1.83 bits per heavy atom. The quantitative estimate of drug-likeness (QED) is 0.843. The van der Waals surface area contributed by atoms with Crippen LogP contribution in [0, 0.1) is 16.7 Å². The lowest BCUT2D eigenvalue weighted by Crippen LogP contribution is -2.47. The van der Waals surface area contributed by atoms with Gasteiger partial charge in [-0.05, 0) is 28.2 Å². The number of nitriles is 1. The van der Waals surface area contributed by atoms with Crippen LogP contribution in [0.3, 0.4) is 0 Å². The number of ketones is 1. The van der Waals surface area contributed by atoms with Crippen LogP contribution in [0.25, 0.3) is 10.8 Å². The van der Waals surface area contributed by atoms with Gasteiger partial charge in [0.1, 0.15) is 5.82 Å². The molecule has 0 bridgehead atoms. The highest BCUT2D eigenvalue weighted by atomic mass is 16.1. The van der Waals surface area contributed by atoms with Crippen LogP contribution < -0.4 is 5.73 Å². The topological polar surface area (TPSA) is 73.4 Å². The molecule has 1 atom stereocenters. The highest BCUT2D eigenvalue weighted by Gasteiger charge is 2.44. The zero-order valence-electron chi connectivity index (χ0n) is 17.4. The van der Waals surface area contributed by atoms with Crippen molar-refractivity contribution in [2.24, 2.45) is 11.1 Å². The molecule has 0 spiro atoms. The van der Waals surface area contributed by atoms with Gasteiger partial charge >= 0.3 is 0 Å². The number of hydrazine groups is 1. The van der Waals surface area contributed by atoms with E-state index in [9.17, 15) is 10.1 Å². The number of fused-ring (bicyclic) bond motifs is 1. The lowest BCUT2D eigenvalue weighted by atomic mass is 9.69. The van der Waals surface area contributed by atoms with E-state index < -0.39 is 5.92 Å². The summed E-state index contributed by atoms with van der Waals surface area (Å²) in [6, 6.07) is 16.6. The zero-order valence-corrected chi connectivity index (χ0v) is 17.4. The normalized spacial score (nSPS) is 21.6. The molecule has 2 aromatic rings. The fourth-order valence-electron chi connectivity index (χ4n) is 4.67. The number of carbonyl (C=O) groups is 1. The summed E-state index contributed by atoms with van der Waals surface area (Å²) in [7, 11) is 3.77.